The van der Waals surface area contributed by atoms with Gasteiger partial charge in [-0.2, -0.15) is 0 Å². The maximum Gasteiger partial charge on any atom is 0.335 e. The third kappa shape index (κ3) is 4.88. The molecule has 0 bridgehead atoms. The molecule has 0 N–H and O–H groups in total. The van der Waals surface area contributed by atoms with Gasteiger partial charge in [-0.25, -0.2) is 13.8 Å². The predicted molar refractivity (Wildman–Crippen MR) is 123 cm³/mol. The molecule has 162 valence electrons. The van der Waals surface area contributed by atoms with Crippen LogP contribution in [0.25, 0.3) is 5.69 Å². The molecule has 7 heteroatoms. The lowest BCUT2D eigenvalue weighted by atomic mass is 9.90. The largest absolute Gasteiger partial charge is 0.335 e. The van der Waals surface area contributed by atoms with Crippen molar-refractivity contribution in [1.82, 2.24) is 14.0 Å². The molecule has 0 spiro atoms. The van der Waals surface area contributed by atoms with E-state index in [0.717, 1.165) is 42.4 Å². The van der Waals surface area contributed by atoms with Gasteiger partial charge in [-0.15, -0.1) is 0 Å². The molecule has 1 aliphatic heterocycles. The molecule has 1 aliphatic rings. The van der Waals surface area contributed by atoms with Gasteiger partial charge < -0.3 is 0 Å². The lowest BCUT2D eigenvalue weighted by molar-refractivity contribution is 0.173. The number of para-hydroxylation sites is 1. The number of rotatable bonds is 5. The van der Waals surface area contributed by atoms with Crippen LogP contribution in [0.1, 0.15) is 24.1 Å². The third-order valence-electron chi connectivity index (χ3n) is 6.04. The number of hydrogen-bond donors (Lipinski definition) is 0. The average Bonchev–Trinajstić information content (AvgIpc) is 2.76. The highest BCUT2D eigenvalue weighted by Crippen LogP contribution is 2.27. The van der Waals surface area contributed by atoms with Crippen LogP contribution in [-0.2, 0) is 20.0 Å². The highest BCUT2D eigenvalue weighted by atomic mass is 79.9. The summed E-state index contributed by atoms with van der Waals surface area (Å²) in [7, 11) is 1.71. The van der Waals surface area contributed by atoms with E-state index in [-0.39, 0.29) is 17.1 Å². The van der Waals surface area contributed by atoms with Gasteiger partial charge in [0, 0.05) is 29.8 Å². The van der Waals surface area contributed by atoms with Crippen molar-refractivity contribution in [3.63, 3.8) is 0 Å². The molecule has 4 rings (SSSR count). The fourth-order valence-electron chi connectivity index (χ4n) is 4.23. The summed E-state index contributed by atoms with van der Waals surface area (Å²) in [4.78, 5) is 27.8. The molecule has 0 unspecified atom stereocenters. The van der Waals surface area contributed by atoms with Gasteiger partial charge in [0.2, 0.25) is 0 Å². The van der Waals surface area contributed by atoms with E-state index in [1.807, 2.05) is 18.2 Å². The summed E-state index contributed by atoms with van der Waals surface area (Å²) in [5, 5.41) is 0. The molecule has 1 saturated heterocycles. The van der Waals surface area contributed by atoms with Crippen LogP contribution in [0.4, 0.5) is 4.39 Å². The first-order valence-corrected chi connectivity index (χ1v) is 11.3. The molecule has 0 atom stereocenters. The van der Waals surface area contributed by atoms with Gasteiger partial charge in [0.1, 0.15) is 5.82 Å². The van der Waals surface area contributed by atoms with Crippen molar-refractivity contribution in [3.05, 3.63) is 97.0 Å². The normalized spacial score (nSPS) is 15.3. The van der Waals surface area contributed by atoms with Crippen molar-refractivity contribution in [2.45, 2.75) is 25.8 Å². The van der Waals surface area contributed by atoms with Crippen molar-refractivity contribution in [3.8, 4) is 5.69 Å². The smallest absolute Gasteiger partial charge is 0.299 e. The lowest BCUT2D eigenvalue weighted by Gasteiger charge is -2.32. The Labute approximate surface area is 188 Å². The van der Waals surface area contributed by atoms with Crippen LogP contribution in [0.5, 0.6) is 0 Å². The van der Waals surface area contributed by atoms with Crippen molar-refractivity contribution >= 4 is 15.9 Å². The number of nitrogens with zero attached hydrogens (tertiary/aromatic N) is 3. The third-order valence-corrected chi connectivity index (χ3v) is 6.82. The summed E-state index contributed by atoms with van der Waals surface area (Å²) >= 11 is 3.52. The summed E-state index contributed by atoms with van der Waals surface area (Å²) in [5.41, 5.74) is 1.65. The van der Waals surface area contributed by atoms with E-state index >= 15 is 0 Å². The van der Waals surface area contributed by atoms with Crippen molar-refractivity contribution in [2.75, 3.05) is 13.1 Å². The maximum absolute atomic E-state index is 13.6. The minimum absolute atomic E-state index is 0.207. The van der Waals surface area contributed by atoms with Crippen LogP contribution in [0, 0.1) is 11.7 Å². The highest BCUT2D eigenvalue weighted by Gasteiger charge is 2.22. The minimum Gasteiger partial charge on any atom is -0.299 e. The standard InChI is InChI=1S/C24H25BrFN3O2/c1-27-21(15-23(30)29(24(27)31)20-5-3-2-4-6-20)16-28-11-9-17(10-12-28)13-18-14-19(26)7-8-22(18)25/h2-8,14-15,17H,9-13,16H2,1H3. The zero-order chi connectivity index (χ0) is 22.0. The lowest BCUT2D eigenvalue weighted by Crippen LogP contribution is -2.41. The molecule has 31 heavy (non-hydrogen) atoms. The van der Waals surface area contributed by atoms with Crippen LogP contribution in [-0.4, -0.2) is 27.1 Å². The fourth-order valence-corrected chi connectivity index (χ4v) is 4.63. The van der Waals surface area contributed by atoms with Gasteiger partial charge in [0.25, 0.3) is 5.56 Å². The summed E-state index contributed by atoms with van der Waals surface area (Å²) in [5.74, 6) is 0.283. The van der Waals surface area contributed by atoms with Crippen LogP contribution < -0.4 is 11.2 Å². The van der Waals surface area contributed by atoms with E-state index in [4.69, 9.17) is 0 Å². The first-order valence-electron chi connectivity index (χ1n) is 10.5. The van der Waals surface area contributed by atoms with Gasteiger partial charge >= 0.3 is 5.69 Å². The van der Waals surface area contributed by atoms with Gasteiger partial charge in [-0.05, 0) is 74.2 Å². The molecule has 2 heterocycles. The first-order chi connectivity index (χ1) is 14.9. The summed E-state index contributed by atoms with van der Waals surface area (Å²) < 4.78 is 17.3. The van der Waals surface area contributed by atoms with Crippen molar-refractivity contribution in [2.24, 2.45) is 13.0 Å². The predicted octanol–water partition coefficient (Wildman–Crippen LogP) is 3.89. The van der Waals surface area contributed by atoms with Crippen LogP contribution in [0.15, 0.2) is 68.7 Å². The van der Waals surface area contributed by atoms with Gasteiger partial charge in [-0.1, -0.05) is 34.1 Å². The first kappa shape index (κ1) is 21.7. The van der Waals surface area contributed by atoms with Gasteiger partial charge in [0.15, 0.2) is 0 Å². The fraction of sp³-hybridized carbons (Fsp3) is 0.333. The number of aromatic nitrogens is 2. The van der Waals surface area contributed by atoms with Crippen LogP contribution >= 0.6 is 15.9 Å². The minimum atomic E-state index is -0.334. The summed E-state index contributed by atoms with van der Waals surface area (Å²) in [6, 6.07) is 15.4. The summed E-state index contributed by atoms with van der Waals surface area (Å²) in [6.07, 6.45) is 2.84. The van der Waals surface area contributed by atoms with Crippen LogP contribution in [0.2, 0.25) is 0 Å². The maximum atomic E-state index is 13.6. The zero-order valence-corrected chi connectivity index (χ0v) is 19.0. The van der Waals surface area contributed by atoms with E-state index < -0.39 is 0 Å². The number of hydrogen-bond acceptors (Lipinski definition) is 3. The Morgan fingerprint density at radius 3 is 2.45 bits per heavy atom. The Morgan fingerprint density at radius 1 is 1.03 bits per heavy atom. The number of piperidine rings is 1. The van der Waals surface area contributed by atoms with Crippen LogP contribution in [0.3, 0.4) is 0 Å². The monoisotopic (exact) mass is 485 g/mol. The van der Waals surface area contributed by atoms with Gasteiger partial charge in [-0.3, -0.25) is 14.3 Å². The number of likely N-dealkylation sites (tertiary alicyclic amines) is 1. The summed E-state index contributed by atoms with van der Waals surface area (Å²) in [6.45, 7) is 2.33. The Morgan fingerprint density at radius 2 is 1.74 bits per heavy atom. The van der Waals surface area contributed by atoms with E-state index in [0.29, 0.717) is 23.8 Å². The Balaban J connectivity index is 1.43. The molecular weight excluding hydrogens is 461 g/mol. The molecule has 0 saturated carbocycles. The zero-order valence-electron chi connectivity index (χ0n) is 17.4. The molecule has 0 aliphatic carbocycles. The Kier molecular flexibility index (Phi) is 6.53. The topological polar surface area (TPSA) is 47.2 Å². The second-order valence-corrected chi connectivity index (χ2v) is 9.00. The Bertz CT molecular complexity index is 1180. The molecule has 0 amide bonds. The molecule has 1 aromatic heterocycles. The quantitative estimate of drug-likeness (QED) is 0.550. The molecule has 5 nitrogen and oxygen atoms in total. The second kappa shape index (κ2) is 9.32. The second-order valence-electron chi connectivity index (χ2n) is 8.15. The van der Waals surface area contributed by atoms with Crippen molar-refractivity contribution < 1.29 is 4.39 Å². The molecular formula is C24H25BrFN3O2. The van der Waals surface area contributed by atoms with E-state index in [2.05, 4.69) is 20.8 Å². The molecule has 3 aromatic rings. The van der Waals surface area contributed by atoms with E-state index in [1.165, 1.54) is 10.6 Å². The SMILES string of the molecule is Cn1c(CN2CCC(Cc3cc(F)ccc3Br)CC2)cc(=O)n(-c2ccccc2)c1=O. The number of halogens is 2. The van der Waals surface area contributed by atoms with E-state index in [1.54, 1.807) is 41.9 Å². The molecule has 1 fully saturated rings. The molecule has 2 aromatic carbocycles. The molecule has 0 radical (unpaired) electrons. The van der Waals surface area contributed by atoms with E-state index in [9.17, 15) is 14.0 Å². The number of benzene rings is 2. The van der Waals surface area contributed by atoms with Gasteiger partial charge in [0.05, 0.1) is 5.69 Å². The Hall–Kier alpha value is -2.51. The highest BCUT2D eigenvalue weighted by molar-refractivity contribution is 9.10. The average molecular weight is 486 g/mol. The van der Waals surface area contributed by atoms with Crippen molar-refractivity contribution in [1.29, 1.82) is 0 Å².